The standard InChI is InChI=1S/C23H25ClFN7O/c1-14(2)32-23(28-29-30-32)21(16-10-15-11-17(24)5-6-20(15)33-13-16)27-18-7-9-31(12-18)22-19(25)4-3-8-26-22/h3-6,8,10-11,14,18,21,27H,7,9,12-13H2,1-2H3. The zero-order chi connectivity index (χ0) is 22.9. The largest absolute Gasteiger partial charge is 0.489 e. The van der Waals surface area contributed by atoms with Crippen LogP contribution in [0.5, 0.6) is 5.75 Å². The number of anilines is 1. The lowest BCUT2D eigenvalue weighted by molar-refractivity contribution is 0.321. The van der Waals surface area contributed by atoms with Crippen molar-refractivity contribution in [2.75, 3.05) is 24.6 Å². The fourth-order valence-corrected chi connectivity index (χ4v) is 4.55. The molecular weight excluding hydrogens is 445 g/mol. The van der Waals surface area contributed by atoms with Crippen molar-refractivity contribution >= 4 is 23.5 Å². The Morgan fingerprint density at radius 3 is 2.97 bits per heavy atom. The van der Waals surface area contributed by atoms with Crippen LogP contribution in [-0.2, 0) is 0 Å². The van der Waals surface area contributed by atoms with Crippen molar-refractivity contribution in [3.05, 3.63) is 64.3 Å². The summed E-state index contributed by atoms with van der Waals surface area (Å²) >= 11 is 6.22. The first-order chi connectivity index (χ1) is 16.0. The third-order valence-corrected chi connectivity index (χ3v) is 6.21. The van der Waals surface area contributed by atoms with Gasteiger partial charge >= 0.3 is 0 Å². The molecule has 5 rings (SSSR count). The summed E-state index contributed by atoms with van der Waals surface area (Å²) < 4.78 is 22.1. The summed E-state index contributed by atoms with van der Waals surface area (Å²) in [5.74, 6) is 1.58. The highest BCUT2D eigenvalue weighted by Gasteiger charge is 2.32. The van der Waals surface area contributed by atoms with Crippen molar-refractivity contribution in [1.29, 1.82) is 0 Å². The van der Waals surface area contributed by atoms with Gasteiger partial charge in [-0.1, -0.05) is 11.6 Å². The maximum Gasteiger partial charge on any atom is 0.172 e. The minimum absolute atomic E-state index is 0.0915. The van der Waals surface area contributed by atoms with E-state index in [0.29, 0.717) is 36.4 Å². The van der Waals surface area contributed by atoms with E-state index in [2.05, 4.69) is 31.9 Å². The Labute approximate surface area is 196 Å². The predicted octanol–water partition coefficient (Wildman–Crippen LogP) is 3.83. The summed E-state index contributed by atoms with van der Waals surface area (Å²) in [7, 11) is 0. The van der Waals surface area contributed by atoms with Crippen LogP contribution in [0.3, 0.4) is 0 Å². The zero-order valence-corrected chi connectivity index (χ0v) is 19.2. The summed E-state index contributed by atoms with van der Waals surface area (Å²) in [6, 6.07) is 8.54. The molecular formula is C23H25ClFN7O. The number of hydrogen-bond donors (Lipinski definition) is 1. The van der Waals surface area contributed by atoms with Crippen LogP contribution in [0.15, 0.2) is 42.1 Å². The number of pyridine rings is 1. The zero-order valence-electron chi connectivity index (χ0n) is 18.4. The first-order valence-electron chi connectivity index (χ1n) is 11.0. The van der Waals surface area contributed by atoms with Gasteiger partial charge in [0.1, 0.15) is 12.4 Å². The molecule has 2 aliphatic heterocycles. The van der Waals surface area contributed by atoms with Gasteiger partial charge in [-0.15, -0.1) is 5.10 Å². The van der Waals surface area contributed by atoms with Crippen molar-refractivity contribution in [3.8, 4) is 5.75 Å². The van der Waals surface area contributed by atoms with Gasteiger partial charge in [0, 0.05) is 35.9 Å². The van der Waals surface area contributed by atoms with Crippen LogP contribution in [0.2, 0.25) is 5.02 Å². The number of aromatic nitrogens is 5. The van der Waals surface area contributed by atoms with Gasteiger partial charge in [-0.25, -0.2) is 14.1 Å². The first-order valence-corrected chi connectivity index (χ1v) is 11.4. The van der Waals surface area contributed by atoms with E-state index in [0.717, 1.165) is 23.3 Å². The van der Waals surface area contributed by atoms with Crippen molar-refractivity contribution in [2.45, 2.75) is 38.4 Å². The van der Waals surface area contributed by atoms with E-state index >= 15 is 0 Å². The van der Waals surface area contributed by atoms with Crippen LogP contribution >= 0.6 is 11.6 Å². The monoisotopic (exact) mass is 469 g/mol. The maximum absolute atomic E-state index is 14.3. The predicted molar refractivity (Wildman–Crippen MR) is 124 cm³/mol. The van der Waals surface area contributed by atoms with E-state index in [1.165, 1.54) is 6.07 Å². The van der Waals surface area contributed by atoms with E-state index in [-0.39, 0.29) is 23.9 Å². The SMILES string of the molecule is CC(C)n1nnnc1C(NC1CCN(c2ncccc2F)C1)C1=Cc2cc(Cl)ccc2OC1. The Morgan fingerprint density at radius 1 is 1.27 bits per heavy atom. The smallest absolute Gasteiger partial charge is 0.172 e. The Morgan fingerprint density at radius 2 is 2.15 bits per heavy atom. The molecule has 2 unspecified atom stereocenters. The van der Waals surface area contributed by atoms with Crippen LogP contribution in [0.1, 0.15) is 43.7 Å². The van der Waals surface area contributed by atoms with Crippen LogP contribution in [0.4, 0.5) is 10.2 Å². The van der Waals surface area contributed by atoms with Gasteiger partial charge in [0.05, 0.1) is 12.1 Å². The molecule has 0 saturated carbocycles. The summed E-state index contributed by atoms with van der Waals surface area (Å²) in [6.07, 6.45) is 4.55. The molecule has 172 valence electrons. The highest BCUT2D eigenvalue weighted by Crippen LogP contribution is 2.34. The topological polar surface area (TPSA) is 81.0 Å². The Hall–Kier alpha value is -3.04. The van der Waals surface area contributed by atoms with E-state index in [4.69, 9.17) is 16.3 Å². The van der Waals surface area contributed by atoms with Gasteiger partial charge in [-0.2, -0.15) is 0 Å². The third kappa shape index (κ3) is 4.43. The van der Waals surface area contributed by atoms with E-state index in [1.54, 1.807) is 12.3 Å². The van der Waals surface area contributed by atoms with Crippen LogP contribution < -0.4 is 15.0 Å². The molecule has 0 spiro atoms. The van der Waals surface area contributed by atoms with E-state index < -0.39 is 0 Å². The summed E-state index contributed by atoms with van der Waals surface area (Å²) in [6.45, 7) is 5.83. The van der Waals surface area contributed by atoms with Gasteiger partial charge in [0.2, 0.25) is 0 Å². The Balaban J connectivity index is 1.44. The van der Waals surface area contributed by atoms with Crippen molar-refractivity contribution in [1.82, 2.24) is 30.5 Å². The average molecular weight is 470 g/mol. The second-order valence-corrected chi connectivity index (χ2v) is 9.04. The van der Waals surface area contributed by atoms with Gasteiger partial charge in [-0.3, -0.25) is 5.32 Å². The fraction of sp³-hybridized carbons (Fsp3) is 0.391. The number of hydrogen-bond acceptors (Lipinski definition) is 7. The highest BCUT2D eigenvalue weighted by molar-refractivity contribution is 6.30. The lowest BCUT2D eigenvalue weighted by Gasteiger charge is -2.28. The molecule has 0 radical (unpaired) electrons. The van der Waals surface area contributed by atoms with E-state index in [1.807, 2.05) is 41.6 Å². The molecule has 2 aromatic heterocycles. The van der Waals surface area contributed by atoms with Crippen molar-refractivity contribution in [2.24, 2.45) is 0 Å². The molecule has 2 aliphatic rings. The number of tetrazole rings is 1. The van der Waals surface area contributed by atoms with Crippen LogP contribution in [-0.4, -0.2) is 50.9 Å². The molecule has 1 saturated heterocycles. The molecule has 2 atom stereocenters. The molecule has 3 aromatic rings. The number of benzene rings is 1. The number of halogens is 2. The molecule has 0 aliphatic carbocycles. The quantitative estimate of drug-likeness (QED) is 0.587. The Bertz CT molecular complexity index is 1180. The highest BCUT2D eigenvalue weighted by atomic mass is 35.5. The fourth-order valence-electron chi connectivity index (χ4n) is 4.37. The average Bonchev–Trinajstić information content (AvgIpc) is 3.47. The molecule has 1 fully saturated rings. The van der Waals surface area contributed by atoms with Crippen LogP contribution in [0.25, 0.3) is 6.08 Å². The second-order valence-electron chi connectivity index (χ2n) is 8.61. The second kappa shape index (κ2) is 9.07. The number of nitrogens with zero attached hydrogens (tertiary/aromatic N) is 6. The Kier molecular flexibility index (Phi) is 5.99. The lowest BCUT2D eigenvalue weighted by atomic mass is 9.99. The molecule has 1 N–H and O–H groups in total. The summed E-state index contributed by atoms with van der Waals surface area (Å²) in [4.78, 5) is 6.20. The normalized spacial score (nSPS) is 18.8. The molecule has 1 aromatic carbocycles. The number of nitrogens with one attached hydrogen (secondary N) is 1. The molecule has 10 heteroatoms. The van der Waals surface area contributed by atoms with Crippen LogP contribution in [0, 0.1) is 5.82 Å². The summed E-state index contributed by atoms with van der Waals surface area (Å²) in [5, 5.41) is 16.8. The number of fused-ring (bicyclic) bond motifs is 1. The number of rotatable bonds is 6. The minimum Gasteiger partial charge on any atom is -0.489 e. The summed E-state index contributed by atoms with van der Waals surface area (Å²) in [5.41, 5.74) is 1.92. The molecule has 0 amide bonds. The number of ether oxygens (including phenoxy) is 1. The molecule has 4 heterocycles. The van der Waals surface area contributed by atoms with E-state index in [9.17, 15) is 4.39 Å². The molecule has 33 heavy (non-hydrogen) atoms. The lowest BCUT2D eigenvalue weighted by Crippen LogP contribution is -2.39. The van der Waals surface area contributed by atoms with Gasteiger partial charge in [-0.05, 0) is 72.7 Å². The maximum atomic E-state index is 14.3. The molecule has 0 bridgehead atoms. The van der Waals surface area contributed by atoms with Crippen molar-refractivity contribution < 1.29 is 9.13 Å². The third-order valence-electron chi connectivity index (χ3n) is 5.97. The van der Waals surface area contributed by atoms with Gasteiger partial charge < -0.3 is 9.64 Å². The van der Waals surface area contributed by atoms with Gasteiger partial charge in [0.15, 0.2) is 17.5 Å². The molecule has 8 nitrogen and oxygen atoms in total. The van der Waals surface area contributed by atoms with Crippen molar-refractivity contribution in [3.63, 3.8) is 0 Å². The first kappa shape index (κ1) is 21.8. The minimum atomic E-state index is -0.310. The van der Waals surface area contributed by atoms with Gasteiger partial charge in [0.25, 0.3) is 0 Å².